The van der Waals surface area contributed by atoms with E-state index in [1.54, 1.807) is 137 Å². The largest absolute Gasteiger partial charge is 0.508 e. The number of benzene rings is 6. The van der Waals surface area contributed by atoms with E-state index in [0.29, 0.717) is 57.1 Å². The van der Waals surface area contributed by atoms with Crippen molar-refractivity contribution >= 4 is 117 Å². The van der Waals surface area contributed by atoms with Gasteiger partial charge in [0.05, 0.1) is 30.8 Å². The summed E-state index contributed by atoms with van der Waals surface area (Å²) in [4.78, 5) is 242. The number of ether oxygens (including phenoxy) is 1. The summed E-state index contributed by atoms with van der Waals surface area (Å²) in [6.07, 6.45) is -0.556. The van der Waals surface area contributed by atoms with E-state index in [4.69, 9.17) is 10.5 Å². The lowest BCUT2D eigenvalue weighted by Crippen LogP contribution is -2.59. The average Bonchev–Trinajstić information content (AvgIpc) is 1.61. The maximum atomic E-state index is 15.5. The number of carbonyl (C=O) groups excluding carboxylic acids is 16. The molecule has 690 valence electrons. The average molecular weight is 1790 g/mol. The fraction of sp³-hybridized carbons (Fsp3) is 0.438. The van der Waals surface area contributed by atoms with Gasteiger partial charge in [-0.25, -0.2) is 0 Å². The second-order valence-corrected chi connectivity index (χ2v) is 34.9. The number of thioether (sulfide) groups is 1. The molecule has 6 aromatic carbocycles. The molecule has 0 bridgehead atoms. The lowest BCUT2D eigenvalue weighted by atomic mass is 9.84. The molecule has 33 heteroatoms. The van der Waals surface area contributed by atoms with Crippen molar-refractivity contribution in [2.75, 3.05) is 59.4 Å². The normalized spacial score (nSPS) is 22.0. The number of aromatic amines is 1. The number of unbranched alkanes of at least 4 members (excludes halogenated alkanes) is 1. The molecular weight excluding hydrogens is 1670 g/mol. The van der Waals surface area contributed by atoms with E-state index < -0.39 is 211 Å². The number of carbonyl (C=O) groups is 16. The maximum absolute atomic E-state index is 15.5. The smallest absolute Gasteiger partial charge is 0.293 e. The molecule has 12 amide bonds. The van der Waals surface area contributed by atoms with E-state index in [9.17, 15) is 48.6 Å². The highest BCUT2D eigenvalue weighted by Crippen LogP contribution is 2.27. The molecule has 1 saturated heterocycles. The van der Waals surface area contributed by atoms with Crippen LogP contribution < -0.4 is 43.0 Å². The van der Waals surface area contributed by atoms with Crippen LogP contribution in [0.3, 0.4) is 0 Å². The zero-order chi connectivity index (χ0) is 94.1. The number of aromatic hydroxyl groups is 2. The van der Waals surface area contributed by atoms with Crippen molar-refractivity contribution in [2.45, 2.75) is 186 Å². The van der Waals surface area contributed by atoms with E-state index in [2.05, 4.69) is 42.2 Å². The summed E-state index contributed by atoms with van der Waals surface area (Å²) < 4.78 is 5.14. The third-order valence-corrected chi connectivity index (χ3v) is 23.7. The Morgan fingerprint density at radius 2 is 1.02 bits per heavy atom. The van der Waals surface area contributed by atoms with Crippen LogP contribution in [0.4, 0.5) is 0 Å². The van der Waals surface area contributed by atoms with Crippen molar-refractivity contribution in [1.29, 1.82) is 0 Å². The van der Waals surface area contributed by atoms with Crippen molar-refractivity contribution < 1.29 is 91.7 Å². The van der Waals surface area contributed by atoms with Crippen molar-refractivity contribution in [3.05, 3.63) is 203 Å². The molecule has 0 aliphatic carbocycles. The molecule has 1 fully saturated rings. The van der Waals surface area contributed by atoms with Gasteiger partial charge in [0, 0.05) is 121 Å². The summed E-state index contributed by atoms with van der Waals surface area (Å²) in [5, 5.41) is 41.0. The second kappa shape index (κ2) is 49.9. The SMILES string of the molecule is CCCC[C@H]1C(=O)N(C)CC(=O)C[C@@H](COC=O)C(=O)C[C@@H](C(C)C)C(=O)N[C@@H](Cc2cccc(C)c2)C(=O)N[C@@H](Cc2ccc(O)cc2)C(=O)N(C)CC(=O)N[C@@H](Cc2c[nH]c3ccccc23)C(=O)N[C@@H](Cc2ccc(O)cc2)C(=O)N[C@@H](CC(C)C)C(=O)N[C@H](C(=O)CCC(N)=O)CSCC(=O)N[C@@H](Cc2ccccc2)C(=O)N(C)[C@@H](Cc2ccccc2)C(=O)N1C. The predicted octanol–water partition coefficient (Wildman–Crippen LogP) is 5.41. The first-order chi connectivity index (χ1) is 61.5. The standard InChI is InChI=1S/C96H121N13O19S/c1-11-12-30-81-95(126)106(7)52-70(113)48-67(54-128-57-110)84(115)50-72(59(4)5)88(119)101-76(46-65-27-21-22-60(6)42-65)91(122)104-78(45-64-33-37-69(112)38-34-64)93(124)107(8)53-86(117)99-77(49-66-51-98-73-29-20-19-28-71(66)73)92(123)103-75(43-63-31-35-68(111)36-32-63)90(121)102-74(41-58(2)3)89(120)105-80(83(114)39-40-85(97)116)55-129-56-87(118)100-79(44-61-23-15-13-16-24-61)94(125)109(10)82(96(127)108(81)9)47-62-25-17-14-18-26-62/h13-29,31-38,42,51,57-59,67,72,74-82,98,111-112H,11-12,30,39-41,43-50,52-56H2,1-10H3,(H2,97,116)(H,99,117)(H,100,118)(H,101,119)(H,102,121)(H,103,123)(H,104,122)(H,105,120)/t67-,72-,74-,75-,76-,77-,78-,79-,80-,81-,82-/m0/s1. The number of para-hydroxylation sites is 1. The van der Waals surface area contributed by atoms with Crippen LogP contribution in [0, 0.1) is 30.6 Å². The number of likely N-dealkylation sites (N-methyl/N-ethyl adjacent to an activating group) is 4. The molecule has 8 rings (SSSR count). The number of nitrogens with one attached hydrogen (secondary N) is 8. The number of H-pyrrole nitrogens is 1. The third kappa shape index (κ3) is 31.4. The van der Waals surface area contributed by atoms with Crippen LogP contribution in [0.5, 0.6) is 11.5 Å². The minimum absolute atomic E-state index is 0.0637. The highest BCUT2D eigenvalue weighted by molar-refractivity contribution is 8.00. The quantitative estimate of drug-likeness (QED) is 0.0319. The zero-order valence-electron chi connectivity index (χ0n) is 74.7. The van der Waals surface area contributed by atoms with Crippen molar-refractivity contribution in [1.82, 2.24) is 61.8 Å². The number of primary amides is 1. The number of nitrogens with two attached hydrogens (primary N) is 1. The number of rotatable bonds is 25. The fourth-order valence-corrected chi connectivity index (χ4v) is 16.4. The van der Waals surface area contributed by atoms with Crippen molar-refractivity contribution in [3.63, 3.8) is 0 Å². The molecule has 1 aliphatic rings. The Balaban J connectivity index is 1.21. The lowest BCUT2D eigenvalue weighted by Gasteiger charge is -2.37. The van der Waals surface area contributed by atoms with Crippen LogP contribution in [-0.4, -0.2) is 243 Å². The van der Waals surface area contributed by atoms with Gasteiger partial charge in [0.2, 0.25) is 70.9 Å². The Labute approximate surface area is 755 Å². The Kier molecular flexibility index (Phi) is 39.2. The van der Waals surface area contributed by atoms with Gasteiger partial charge in [-0.2, -0.15) is 0 Å². The number of hydrogen-bond donors (Lipinski definition) is 11. The molecular formula is C96H121N13O19S. The summed E-state index contributed by atoms with van der Waals surface area (Å²) in [6, 6.07) is 30.1. The lowest BCUT2D eigenvalue weighted by molar-refractivity contribution is -0.151. The topological polar surface area (TPSA) is 462 Å². The summed E-state index contributed by atoms with van der Waals surface area (Å²) >= 11 is 0.881. The maximum Gasteiger partial charge on any atom is 0.293 e. The van der Waals surface area contributed by atoms with Crippen LogP contribution >= 0.6 is 11.8 Å². The molecule has 129 heavy (non-hydrogen) atoms. The van der Waals surface area contributed by atoms with Crippen molar-refractivity contribution in [3.8, 4) is 11.5 Å². The highest BCUT2D eigenvalue weighted by atomic mass is 32.2. The Morgan fingerprint density at radius 1 is 0.519 bits per heavy atom. The number of Topliss-reactive ketones (excluding diaryl/α,β-unsaturated/α-hetero) is 3. The Bertz CT molecular complexity index is 5050. The van der Waals surface area contributed by atoms with Gasteiger partial charge >= 0.3 is 0 Å². The summed E-state index contributed by atoms with van der Waals surface area (Å²) in [5.41, 5.74) is 10.1. The fourth-order valence-electron chi connectivity index (χ4n) is 15.5. The van der Waals surface area contributed by atoms with Gasteiger partial charge in [-0.1, -0.05) is 180 Å². The molecule has 7 aromatic rings. The number of hydrogen-bond acceptors (Lipinski definition) is 20. The van der Waals surface area contributed by atoms with Crippen molar-refractivity contribution in [2.24, 2.45) is 29.4 Å². The molecule has 2 heterocycles. The van der Waals surface area contributed by atoms with Gasteiger partial charge in [0.1, 0.15) is 72.2 Å². The van der Waals surface area contributed by atoms with E-state index in [1.807, 2.05) is 19.9 Å². The number of aromatic nitrogens is 1. The van der Waals surface area contributed by atoms with E-state index in [0.717, 1.165) is 27.1 Å². The molecule has 11 atom stereocenters. The predicted molar refractivity (Wildman–Crippen MR) is 486 cm³/mol. The Morgan fingerprint density at radius 3 is 1.60 bits per heavy atom. The summed E-state index contributed by atoms with van der Waals surface area (Å²) in [6.45, 7) is 8.65. The van der Waals surface area contributed by atoms with Gasteiger partial charge in [-0.15, -0.1) is 11.8 Å². The molecule has 0 radical (unpaired) electrons. The molecule has 12 N–H and O–H groups in total. The van der Waals surface area contributed by atoms with Crippen LogP contribution in [0.2, 0.25) is 0 Å². The van der Waals surface area contributed by atoms with Gasteiger partial charge < -0.3 is 82.5 Å². The monoisotopic (exact) mass is 1790 g/mol. The highest BCUT2D eigenvalue weighted by Gasteiger charge is 2.41. The number of phenolic OH excluding ortho intramolecular Hbond substituents is 2. The molecule has 32 nitrogen and oxygen atoms in total. The van der Waals surface area contributed by atoms with Crippen LogP contribution in [-0.2, 0) is 120 Å². The molecule has 0 saturated carbocycles. The number of amides is 12. The van der Waals surface area contributed by atoms with E-state index >= 15 is 38.4 Å². The number of fused-ring (bicyclic) bond motifs is 1. The van der Waals surface area contributed by atoms with Crippen LogP contribution in [0.25, 0.3) is 10.9 Å². The Hall–Kier alpha value is -13.1. The second-order valence-electron chi connectivity index (χ2n) is 33.9. The number of phenols is 2. The first kappa shape index (κ1) is 101. The first-order valence-electron chi connectivity index (χ1n) is 43.4. The van der Waals surface area contributed by atoms with Gasteiger partial charge in [-0.3, -0.25) is 76.7 Å². The zero-order valence-corrected chi connectivity index (χ0v) is 75.5. The third-order valence-electron chi connectivity index (χ3n) is 22.7. The summed E-state index contributed by atoms with van der Waals surface area (Å²) in [7, 11) is 5.44. The van der Waals surface area contributed by atoms with Crippen LogP contribution in [0.1, 0.15) is 125 Å². The van der Waals surface area contributed by atoms with Gasteiger partial charge in [0.25, 0.3) is 6.47 Å². The van der Waals surface area contributed by atoms with E-state index in [-0.39, 0.29) is 81.0 Å². The summed E-state index contributed by atoms with van der Waals surface area (Å²) in [5.74, 6) is -16.4. The minimum Gasteiger partial charge on any atom is -0.508 e. The van der Waals surface area contributed by atoms with Crippen LogP contribution in [0.15, 0.2) is 164 Å². The molecule has 0 spiro atoms. The van der Waals surface area contributed by atoms with Gasteiger partial charge in [-0.05, 0) is 95.3 Å². The molecule has 0 unspecified atom stereocenters. The minimum atomic E-state index is -1.58. The van der Waals surface area contributed by atoms with Gasteiger partial charge in [0.15, 0.2) is 11.6 Å². The first-order valence-corrected chi connectivity index (χ1v) is 44.5. The van der Waals surface area contributed by atoms with E-state index in [1.165, 1.54) is 86.5 Å². The molecule has 1 aliphatic heterocycles. The number of ketones is 3. The number of nitrogens with zero attached hydrogens (tertiary/aromatic N) is 4. The molecule has 1 aromatic heterocycles. The number of aryl methyl sites for hydroxylation is 1.